The quantitative estimate of drug-likeness (QED) is 0.671. The van der Waals surface area contributed by atoms with Crippen LogP contribution < -0.4 is 5.32 Å². The predicted molar refractivity (Wildman–Crippen MR) is 95.6 cm³/mol. The fraction of sp³-hybridized carbons (Fsp3) is 0.200. The van der Waals surface area contributed by atoms with Gasteiger partial charge in [-0.15, -0.1) is 0 Å². The monoisotopic (exact) mass is 323 g/mol. The lowest BCUT2D eigenvalue weighted by atomic mass is 10.1. The van der Waals surface area contributed by atoms with Crippen LogP contribution in [-0.4, -0.2) is 18.0 Å². The van der Waals surface area contributed by atoms with E-state index in [1.54, 1.807) is 25.1 Å². The van der Waals surface area contributed by atoms with Gasteiger partial charge < -0.3 is 10.1 Å². The highest BCUT2D eigenvalue weighted by Gasteiger charge is 2.16. The molecular weight excluding hydrogens is 302 g/mol. The van der Waals surface area contributed by atoms with Crippen LogP contribution in [0.25, 0.3) is 6.08 Å². The maximum atomic E-state index is 12.0. The number of aryl methyl sites for hydroxylation is 2. The molecule has 0 aliphatic heterocycles. The summed E-state index contributed by atoms with van der Waals surface area (Å²) < 4.78 is 5.13. The summed E-state index contributed by atoms with van der Waals surface area (Å²) in [5.74, 6) is -0.915. The molecule has 0 saturated carbocycles. The Labute approximate surface area is 142 Å². The molecule has 0 radical (unpaired) electrons. The highest BCUT2D eigenvalue weighted by molar-refractivity contribution is 5.96. The maximum Gasteiger partial charge on any atom is 0.331 e. The summed E-state index contributed by atoms with van der Waals surface area (Å²) in [6.45, 7) is 5.47. The maximum absolute atomic E-state index is 12.0. The van der Waals surface area contributed by atoms with Gasteiger partial charge in [0.05, 0.1) is 0 Å². The molecule has 124 valence electrons. The summed E-state index contributed by atoms with van der Waals surface area (Å²) in [5, 5.41) is 2.72. The van der Waals surface area contributed by atoms with E-state index in [0.29, 0.717) is 5.69 Å². The molecule has 4 nitrogen and oxygen atoms in total. The lowest BCUT2D eigenvalue weighted by molar-refractivity contribution is -0.148. The highest BCUT2D eigenvalue weighted by Crippen LogP contribution is 2.11. The minimum Gasteiger partial charge on any atom is -0.449 e. The van der Waals surface area contributed by atoms with Crippen molar-refractivity contribution in [2.45, 2.75) is 26.9 Å². The van der Waals surface area contributed by atoms with E-state index in [2.05, 4.69) is 5.32 Å². The second-order valence-electron chi connectivity index (χ2n) is 5.62. The first kappa shape index (κ1) is 17.5. The molecule has 0 bridgehead atoms. The molecule has 0 unspecified atom stereocenters. The number of esters is 1. The zero-order chi connectivity index (χ0) is 17.5. The molecule has 0 spiro atoms. The molecule has 0 aliphatic carbocycles. The van der Waals surface area contributed by atoms with Crippen molar-refractivity contribution >= 4 is 23.6 Å². The SMILES string of the molecule is Cc1ccc(NC(=O)[C@H](C)OC(=O)/C=C/c2ccccc2C)cc1. The van der Waals surface area contributed by atoms with Crippen LogP contribution in [0.3, 0.4) is 0 Å². The van der Waals surface area contributed by atoms with Crippen molar-refractivity contribution in [2.75, 3.05) is 5.32 Å². The van der Waals surface area contributed by atoms with Crippen molar-refractivity contribution in [2.24, 2.45) is 0 Å². The molecule has 1 amide bonds. The van der Waals surface area contributed by atoms with Crippen LogP contribution in [0.5, 0.6) is 0 Å². The molecule has 24 heavy (non-hydrogen) atoms. The molecule has 2 rings (SSSR count). The van der Waals surface area contributed by atoms with E-state index in [0.717, 1.165) is 16.7 Å². The molecule has 2 aromatic rings. The number of carbonyl (C=O) groups is 2. The Bertz CT molecular complexity index is 748. The van der Waals surface area contributed by atoms with Crippen molar-refractivity contribution < 1.29 is 14.3 Å². The molecule has 0 aromatic heterocycles. The van der Waals surface area contributed by atoms with E-state index in [4.69, 9.17) is 4.74 Å². The molecule has 0 aliphatic rings. The zero-order valence-electron chi connectivity index (χ0n) is 14.1. The van der Waals surface area contributed by atoms with E-state index >= 15 is 0 Å². The Morgan fingerprint density at radius 2 is 1.71 bits per heavy atom. The number of hydrogen-bond donors (Lipinski definition) is 1. The Balaban J connectivity index is 1.90. The molecular formula is C20H21NO3. The molecule has 0 fully saturated rings. The zero-order valence-corrected chi connectivity index (χ0v) is 14.1. The fourth-order valence-electron chi connectivity index (χ4n) is 2.08. The van der Waals surface area contributed by atoms with Crippen LogP contribution in [0, 0.1) is 13.8 Å². The summed E-state index contributed by atoms with van der Waals surface area (Å²) >= 11 is 0. The largest absolute Gasteiger partial charge is 0.449 e. The number of amides is 1. The number of benzene rings is 2. The lowest BCUT2D eigenvalue weighted by Crippen LogP contribution is -2.29. The van der Waals surface area contributed by atoms with E-state index in [9.17, 15) is 9.59 Å². The van der Waals surface area contributed by atoms with Gasteiger partial charge in [-0.25, -0.2) is 4.79 Å². The van der Waals surface area contributed by atoms with Gasteiger partial charge in [0.2, 0.25) is 0 Å². The van der Waals surface area contributed by atoms with Crippen molar-refractivity contribution in [1.82, 2.24) is 0 Å². The van der Waals surface area contributed by atoms with Crippen molar-refractivity contribution in [3.63, 3.8) is 0 Å². The molecule has 1 N–H and O–H groups in total. The minimum absolute atomic E-state index is 0.364. The van der Waals surface area contributed by atoms with Gasteiger partial charge in [-0.2, -0.15) is 0 Å². The van der Waals surface area contributed by atoms with E-state index in [-0.39, 0.29) is 5.91 Å². The average molecular weight is 323 g/mol. The van der Waals surface area contributed by atoms with Crippen molar-refractivity contribution in [3.8, 4) is 0 Å². The van der Waals surface area contributed by atoms with Crippen LogP contribution in [0.2, 0.25) is 0 Å². The summed E-state index contributed by atoms with van der Waals surface area (Å²) in [5.41, 5.74) is 3.77. The second kappa shape index (κ2) is 8.11. The van der Waals surface area contributed by atoms with Crippen LogP contribution in [0.4, 0.5) is 5.69 Å². The van der Waals surface area contributed by atoms with E-state index in [1.807, 2.05) is 50.2 Å². The van der Waals surface area contributed by atoms with Gasteiger partial charge in [-0.1, -0.05) is 42.0 Å². The van der Waals surface area contributed by atoms with Crippen molar-refractivity contribution in [1.29, 1.82) is 0 Å². The van der Waals surface area contributed by atoms with E-state index in [1.165, 1.54) is 6.08 Å². The van der Waals surface area contributed by atoms with Crippen LogP contribution in [-0.2, 0) is 14.3 Å². The lowest BCUT2D eigenvalue weighted by Gasteiger charge is -2.12. The number of rotatable bonds is 5. The topological polar surface area (TPSA) is 55.4 Å². The Hall–Kier alpha value is -2.88. The van der Waals surface area contributed by atoms with Gasteiger partial charge >= 0.3 is 5.97 Å². The summed E-state index contributed by atoms with van der Waals surface area (Å²) in [6.07, 6.45) is 2.14. The number of hydrogen-bond acceptors (Lipinski definition) is 3. The summed E-state index contributed by atoms with van der Waals surface area (Å²) in [6, 6.07) is 15.1. The summed E-state index contributed by atoms with van der Waals surface area (Å²) in [7, 11) is 0. The van der Waals surface area contributed by atoms with Gasteiger partial charge in [0, 0.05) is 11.8 Å². The standard InChI is InChI=1S/C20H21NO3/c1-14-8-11-18(12-9-14)21-20(23)16(3)24-19(22)13-10-17-7-5-4-6-15(17)2/h4-13,16H,1-3H3,(H,21,23)/b13-10+/t16-/m0/s1. The fourth-order valence-corrected chi connectivity index (χ4v) is 2.08. The third-order valence-electron chi connectivity index (χ3n) is 3.57. The minimum atomic E-state index is -0.875. The second-order valence-corrected chi connectivity index (χ2v) is 5.62. The number of anilines is 1. The van der Waals surface area contributed by atoms with Gasteiger partial charge in [0.25, 0.3) is 5.91 Å². The predicted octanol–water partition coefficient (Wildman–Crippen LogP) is 3.89. The van der Waals surface area contributed by atoms with Crippen LogP contribution in [0.1, 0.15) is 23.6 Å². The first-order valence-electron chi connectivity index (χ1n) is 7.77. The molecule has 2 aromatic carbocycles. The van der Waals surface area contributed by atoms with E-state index < -0.39 is 12.1 Å². The molecule has 1 atom stereocenters. The Morgan fingerprint density at radius 1 is 1.04 bits per heavy atom. The van der Waals surface area contributed by atoms with Gasteiger partial charge in [-0.3, -0.25) is 4.79 Å². The van der Waals surface area contributed by atoms with Gasteiger partial charge in [-0.05, 0) is 50.1 Å². The van der Waals surface area contributed by atoms with Crippen molar-refractivity contribution in [3.05, 3.63) is 71.3 Å². The highest BCUT2D eigenvalue weighted by atomic mass is 16.5. The third-order valence-corrected chi connectivity index (χ3v) is 3.57. The normalized spacial score (nSPS) is 12.0. The smallest absolute Gasteiger partial charge is 0.331 e. The first-order chi connectivity index (χ1) is 11.5. The van der Waals surface area contributed by atoms with Gasteiger partial charge in [0.15, 0.2) is 6.10 Å². The van der Waals surface area contributed by atoms with Gasteiger partial charge in [0.1, 0.15) is 0 Å². The first-order valence-corrected chi connectivity index (χ1v) is 7.77. The number of ether oxygens (including phenoxy) is 1. The molecule has 0 saturated heterocycles. The molecule has 0 heterocycles. The number of carbonyl (C=O) groups excluding carboxylic acids is 2. The van der Waals surface area contributed by atoms with Crippen LogP contribution >= 0.6 is 0 Å². The summed E-state index contributed by atoms with van der Waals surface area (Å²) in [4.78, 5) is 23.9. The Morgan fingerprint density at radius 3 is 2.38 bits per heavy atom. The molecule has 4 heteroatoms. The Kier molecular flexibility index (Phi) is 5.90. The number of nitrogens with one attached hydrogen (secondary N) is 1. The average Bonchev–Trinajstić information content (AvgIpc) is 2.56. The third kappa shape index (κ3) is 5.09. The van der Waals surface area contributed by atoms with Crippen LogP contribution in [0.15, 0.2) is 54.6 Å².